The van der Waals surface area contributed by atoms with Gasteiger partial charge in [0.1, 0.15) is 23.9 Å². The molecule has 4 aromatic rings. The highest BCUT2D eigenvalue weighted by atomic mass is 35.5. The maximum atomic E-state index is 13.3. The molecule has 0 N–H and O–H groups in total. The van der Waals surface area contributed by atoms with Crippen molar-refractivity contribution < 1.29 is 9.13 Å². The summed E-state index contributed by atoms with van der Waals surface area (Å²) in [6, 6.07) is 15.9. The van der Waals surface area contributed by atoms with Crippen molar-refractivity contribution in [2.75, 3.05) is 0 Å². The van der Waals surface area contributed by atoms with Crippen LogP contribution in [0.15, 0.2) is 60.8 Å². The lowest BCUT2D eigenvalue weighted by Gasteiger charge is -2.12. The van der Waals surface area contributed by atoms with E-state index in [-0.39, 0.29) is 18.2 Å². The fraction of sp³-hybridized carbons (Fsp3) is 0.174. The molecule has 2 aromatic carbocycles. The van der Waals surface area contributed by atoms with Gasteiger partial charge in [-0.25, -0.2) is 4.39 Å². The van der Waals surface area contributed by atoms with Gasteiger partial charge in [-0.05, 0) is 67.4 Å². The lowest BCUT2D eigenvalue weighted by Crippen LogP contribution is -2.06. The van der Waals surface area contributed by atoms with Crippen molar-refractivity contribution in [2.24, 2.45) is 0 Å². The van der Waals surface area contributed by atoms with Crippen LogP contribution in [0.1, 0.15) is 22.5 Å². The number of fused-ring (bicyclic) bond motifs is 1. The van der Waals surface area contributed by atoms with Crippen LogP contribution in [0.5, 0.6) is 5.75 Å². The number of aromatic nitrogens is 2. The van der Waals surface area contributed by atoms with Crippen LogP contribution in [0, 0.1) is 19.7 Å². The Hall–Kier alpha value is -2.56. The van der Waals surface area contributed by atoms with Gasteiger partial charge in [-0.1, -0.05) is 23.7 Å². The zero-order chi connectivity index (χ0) is 19.7. The molecule has 2 heterocycles. The second-order valence-electron chi connectivity index (χ2n) is 6.82. The van der Waals surface area contributed by atoms with Crippen molar-refractivity contribution in [1.29, 1.82) is 0 Å². The van der Waals surface area contributed by atoms with Gasteiger partial charge in [0.25, 0.3) is 0 Å². The minimum absolute atomic E-state index is 0. The molecule has 0 amide bonds. The third kappa shape index (κ3) is 4.39. The Balaban J connectivity index is 0.00000240. The van der Waals surface area contributed by atoms with Crippen LogP contribution < -0.4 is 4.74 Å². The predicted octanol–water partition coefficient (Wildman–Crippen LogP) is 6.49. The molecule has 0 saturated carbocycles. The number of pyridine rings is 1. The summed E-state index contributed by atoms with van der Waals surface area (Å²) in [7, 11) is 0. The zero-order valence-electron chi connectivity index (χ0n) is 16.2. The Bertz CT molecular complexity index is 1120. The molecule has 6 heteroatoms. The van der Waals surface area contributed by atoms with Gasteiger partial charge in [-0.15, -0.1) is 12.4 Å². The summed E-state index contributed by atoms with van der Waals surface area (Å²) in [6.07, 6.45) is 1.82. The molecule has 29 heavy (non-hydrogen) atoms. The van der Waals surface area contributed by atoms with Crippen LogP contribution in [0.3, 0.4) is 0 Å². The Labute approximate surface area is 180 Å². The quantitative estimate of drug-likeness (QED) is 0.361. The zero-order valence-corrected chi connectivity index (χ0v) is 17.7. The molecule has 0 aliphatic heterocycles. The van der Waals surface area contributed by atoms with Gasteiger partial charge in [-0.3, -0.25) is 4.98 Å². The van der Waals surface area contributed by atoms with Crippen molar-refractivity contribution in [2.45, 2.75) is 27.0 Å². The maximum Gasteiger partial charge on any atom is 0.132 e. The molecule has 0 fully saturated rings. The molecule has 0 bridgehead atoms. The molecule has 4 rings (SSSR count). The molecule has 0 saturated heterocycles. The van der Waals surface area contributed by atoms with Gasteiger partial charge >= 0.3 is 0 Å². The van der Waals surface area contributed by atoms with Crippen LogP contribution in [0.25, 0.3) is 10.9 Å². The standard InChI is InChI=1S/C23H20ClFN2O.ClH/c1-15-16(2)27(13-17-3-7-19(25)8-4-17)23-21(15)11-12-26-22(23)14-28-20-9-5-18(24)6-10-20;/h3-12H,13-14H2,1-2H3;1H. The van der Waals surface area contributed by atoms with Gasteiger partial charge in [0.15, 0.2) is 0 Å². The number of hydrogen-bond acceptors (Lipinski definition) is 2. The summed E-state index contributed by atoms with van der Waals surface area (Å²) in [5, 5.41) is 1.83. The van der Waals surface area contributed by atoms with E-state index in [1.807, 2.05) is 36.5 Å². The maximum absolute atomic E-state index is 13.3. The fourth-order valence-corrected chi connectivity index (χ4v) is 3.55. The Morgan fingerprint density at radius 2 is 1.69 bits per heavy atom. The van der Waals surface area contributed by atoms with Gasteiger partial charge < -0.3 is 9.30 Å². The first-order valence-electron chi connectivity index (χ1n) is 9.09. The molecule has 3 nitrogen and oxygen atoms in total. The highest BCUT2D eigenvalue weighted by molar-refractivity contribution is 6.30. The van der Waals surface area contributed by atoms with Gasteiger partial charge in [0, 0.05) is 28.8 Å². The first-order chi connectivity index (χ1) is 13.5. The van der Waals surface area contributed by atoms with E-state index in [0.717, 1.165) is 27.9 Å². The van der Waals surface area contributed by atoms with E-state index >= 15 is 0 Å². The highest BCUT2D eigenvalue weighted by Crippen LogP contribution is 2.29. The van der Waals surface area contributed by atoms with Crippen LogP contribution >= 0.6 is 24.0 Å². The van der Waals surface area contributed by atoms with E-state index in [1.54, 1.807) is 12.1 Å². The molecular formula is C23H21Cl2FN2O. The number of benzene rings is 2. The molecule has 0 radical (unpaired) electrons. The Morgan fingerprint density at radius 1 is 1.00 bits per heavy atom. The smallest absolute Gasteiger partial charge is 0.132 e. The van der Waals surface area contributed by atoms with Crippen molar-refractivity contribution in [3.8, 4) is 5.75 Å². The van der Waals surface area contributed by atoms with Crippen molar-refractivity contribution in [3.05, 3.63) is 94.1 Å². The third-order valence-electron chi connectivity index (χ3n) is 5.06. The fourth-order valence-electron chi connectivity index (χ4n) is 3.42. The molecular weight excluding hydrogens is 410 g/mol. The minimum Gasteiger partial charge on any atom is -0.487 e. The normalized spacial score (nSPS) is 10.8. The number of nitrogens with zero attached hydrogens (tertiary/aromatic N) is 2. The predicted molar refractivity (Wildman–Crippen MR) is 118 cm³/mol. The number of rotatable bonds is 5. The van der Waals surface area contributed by atoms with Crippen LogP contribution in [-0.2, 0) is 13.2 Å². The summed E-state index contributed by atoms with van der Waals surface area (Å²) in [5.41, 5.74) is 5.34. The summed E-state index contributed by atoms with van der Waals surface area (Å²) in [6.45, 7) is 5.22. The molecule has 0 aliphatic rings. The molecule has 0 aliphatic carbocycles. The number of aryl methyl sites for hydroxylation is 1. The number of ether oxygens (including phenoxy) is 1. The monoisotopic (exact) mass is 430 g/mol. The third-order valence-corrected chi connectivity index (χ3v) is 5.32. The molecule has 0 atom stereocenters. The Kier molecular flexibility index (Phi) is 6.46. The number of hydrogen-bond donors (Lipinski definition) is 0. The average molecular weight is 431 g/mol. The largest absolute Gasteiger partial charge is 0.487 e. The Morgan fingerprint density at radius 3 is 2.38 bits per heavy atom. The van der Waals surface area contributed by atoms with Crippen LogP contribution in [0.2, 0.25) is 5.02 Å². The van der Waals surface area contributed by atoms with E-state index < -0.39 is 0 Å². The highest BCUT2D eigenvalue weighted by Gasteiger charge is 2.16. The van der Waals surface area contributed by atoms with E-state index in [9.17, 15) is 4.39 Å². The second-order valence-corrected chi connectivity index (χ2v) is 7.26. The topological polar surface area (TPSA) is 27.1 Å². The molecule has 0 spiro atoms. The molecule has 0 unspecified atom stereocenters. The van der Waals surface area contributed by atoms with Gasteiger partial charge in [0.05, 0.1) is 5.52 Å². The first-order valence-corrected chi connectivity index (χ1v) is 9.47. The second kappa shape index (κ2) is 8.85. The SMILES string of the molecule is Cc1c(C)n(Cc2ccc(F)cc2)c2c(COc3ccc(Cl)cc3)nccc12.Cl. The summed E-state index contributed by atoms with van der Waals surface area (Å²) >= 11 is 5.94. The summed E-state index contributed by atoms with van der Waals surface area (Å²) in [4.78, 5) is 4.58. The average Bonchev–Trinajstić information content (AvgIpc) is 2.95. The van der Waals surface area contributed by atoms with Gasteiger partial charge in [-0.2, -0.15) is 0 Å². The lowest BCUT2D eigenvalue weighted by atomic mass is 10.2. The lowest BCUT2D eigenvalue weighted by molar-refractivity contribution is 0.302. The van der Waals surface area contributed by atoms with E-state index in [1.165, 1.54) is 23.4 Å². The van der Waals surface area contributed by atoms with Crippen LogP contribution in [-0.4, -0.2) is 9.55 Å². The van der Waals surface area contributed by atoms with Crippen LogP contribution in [0.4, 0.5) is 4.39 Å². The summed E-state index contributed by atoms with van der Waals surface area (Å²) in [5.74, 6) is 0.515. The van der Waals surface area contributed by atoms with E-state index in [0.29, 0.717) is 18.2 Å². The number of halogens is 3. The van der Waals surface area contributed by atoms with Gasteiger partial charge in [0.2, 0.25) is 0 Å². The van der Waals surface area contributed by atoms with E-state index in [4.69, 9.17) is 16.3 Å². The molecule has 150 valence electrons. The van der Waals surface area contributed by atoms with Crippen molar-refractivity contribution >= 4 is 34.9 Å². The summed E-state index contributed by atoms with van der Waals surface area (Å²) < 4.78 is 21.4. The molecule has 2 aromatic heterocycles. The first kappa shape index (κ1) is 21.2. The minimum atomic E-state index is -0.229. The van der Waals surface area contributed by atoms with Crippen molar-refractivity contribution in [3.63, 3.8) is 0 Å². The van der Waals surface area contributed by atoms with E-state index in [2.05, 4.69) is 23.4 Å². The van der Waals surface area contributed by atoms with Crippen molar-refractivity contribution in [1.82, 2.24) is 9.55 Å².